The second kappa shape index (κ2) is 6.93. The molecule has 1 heterocycles. The van der Waals surface area contributed by atoms with Gasteiger partial charge in [0.2, 0.25) is 0 Å². The summed E-state index contributed by atoms with van der Waals surface area (Å²) in [6, 6.07) is 4.49. The SMILES string of the molecule is CN(CC(C)(C)O)C(=O)NC1CCN(c2ccc(Cl)c(F)c2)C1. The molecule has 1 aromatic carbocycles. The Morgan fingerprint density at radius 2 is 2.26 bits per heavy atom. The fraction of sp³-hybridized carbons (Fsp3) is 0.562. The van der Waals surface area contributed by atoms with Crippen LogP contribution in [0.1, 0.15) is 20.3 Å². The number of urea groups is 1. The molecule has 1 aromatic rings. The highest BCUT2D eigenvalue weighted by Gasteiger charge is 2.27. The minimum Gasteiger partial charge on any atom is -0.389 e. The average Bonchev–Trinajstić information content (AvgIpc) is 2.88. The molecule has 1 unspecified atom stereocenters. The highest BCUT2D eigenvalue weighted by molar-refractivity contribution is 6.30. The van der Waals surface area contributed by atoms with E-state index >= 15 is 0 Å². The summed E-state index contributed by atoms with van der Waals surface area (Å²) < 4.78 is 13.5. The Morgan fingerprint density at radius 1 is 1.57 bits per heavy atom. The van der Waals surface area contributed by atoms with E-state index in [0.29, 0.717) is 6.54 Å². The van der Waals surface area contributed by atoms with E-state index in [2.05, 4.69) is 5.32 Å². The van der Waals surface area contributed by atoms with E-state index in [4.69, 9.17) is 11.6 Å². The Hall–Kier alpha value is -1.53. The molecule has 7 heteroatoms. The van der Waals surface area contributed by atoms with Gasteiger partial charge in [0.05, 0.1) is 17.2 Å². The summed E-state index contributed by atoms with van der Waals surface area (Å²) in [5.74, 6) is -0.443. The maximum Gasteiger partial charge on any atom is 0.317 e. The summed E-state index contributed by atoms with van der Waals surface area (Å²) in [4.78, 5) is 15.6. The molecule has 2 rings (SSSR count). The van der Waals surface area contributed by atoms with Crippen LogP contribution in [0.5, 0.6) is 0 Å². The van der Waals surface area contributed by atoms with Gasteiger partial charge in [-0.05, 0) is 38.5 Å². The zero-order chi connectivity index (χ0) is 17.2. The van der Waals surface area contributed by atoms with E-state index in [0.717, 1.165) is 18.7 Å². The lowest BCUT2D eigenvalue weighted by atomic mass is 10.1. The number of likely N-dealkylation sites (N-methyl/N-ethyl adjacent to an activating group) is 1. The number of halogens is 2. The van der Waals surface area contributed by atoms with Crippen molar-refractivity contribution in [1.29, 1.82) is 0 Å². The van der Waals surface area contributed by atoms with Gasteiger partial charge in [0.15, 0.2) is 0 Å². The highest BCUT2D eigenvalue weighted by Crippen LogP contribution is 2.25. The zero-order valence-corrected chi connectivity index (χ0v) is 14.4. The van der Waals surface area contributed by atoms with Crippen LogP contribution in [0.15, 0.2) is 18.2 Å². The smallest absolute Gasteiger partial charge is 0.317 e. The van der Waals surface area contributed by atoms with E-state index in [-0.39, 0.29) is 23.6 Å². The Bertz CT molecular complexity index is 577. The van der Waals surface area contributed by atoms with Crippen LogP contribution >= 0.6 is 11.6 Å². The average molecular weight is 344 g/mol. The number of benzene rings is 1. The molecule has 2 amide bonds. The van der Waals surface area contributed by atoms with Crippen LogP contribution in [0.4, 0.5) is 14.9 Å². The van der Waals surface area contributed by atoms with E-state index in [1.807, 2.05) is 4.90 Å². The lowest BCUT2D eigenvalue weighted by Gasteiger charge is -2.27. The fourth-order valence-electron chi connectivity index (χ4n) is 2.73. The van der Waals surface area contributed by atoms with Gasteiger partial charge in [-0.3, -0.25) is 0 Å². The van der Waals surface area contributed by atoms with Crippen molar-refractivity contribution in [2.45, 2.75) is 31.9 Å². The van der Waals surface area contributed by atoms with Gasteiger partial charge in [-0.1, -0.05) is 11.6 Å². The summed E-state index contributed by atoms with van der Waals surface area (Å²) in [6.07, 6.45) is 0.784. The van der Waals surface area contributed by atoms with Crippen molar-refractivity contribution in [1.82, 2.24) is 10.2 Å². The molecule has 2 N–H and O–H groups in total. The number of nitrogens with zero attached hydrogens (tertiary/aromatic N) is 2. The number of hydrogen-bond donors (Lipinski definition) is 2. The lowest BCUT2D eigenvalue weighted by molar-refractivity contribution is 0.0528. The van der Waals surface area contributed by atoms with Gasteiger partial charge in [0, 0.05) is 31.9 Å². The fourth-order valence-corrected chi connectivity index (χ4v) is 2.85. The molecular weight excluding hydrogens is 321 g/mol. The number of rotatable bonds is 4. The number of aliphatic hydroxyl groups is 1. The Kier molecular flexibility index (Phi) is 5.37. The third kappa shape index (κ3) is 4.97. The predicted octanol–water partition coefficient (Wildman–Crippen LogP) is 2.47. The van der Waals surface area contributed by atoms with Gasteiger partial charge >= 0.3 is 6.03 Å². The second-order valence-corrected chi connectivity index (χ2v) is 7.06. The maximum atomic E-state index is 13.5. The van der Waals surface area contributed by atoms with Crippen LogP contribution in [-0.4, -0.2) is 54.4 Å². The molecule has 0 aromatic heterocycles. The normalized spacial score (nSPS) is 18.2. The number of carbonyl (C=O) groups excluding carboxylic acids is 1. The zero-order valence-electron chi connectivity index (χ0n) is 13.6. The summed E-state index contributed by atoms with van der Waals surface area (Å²) in [6.45, 7) is 4.91. The molecule has 0 radical (unpaired) electrons. The first-order valence-electron chi connectivity index (χ1n) is 7.60. The molecular formula is C16H23ClFN3O2. The van der Waals surface area contributed by atoms with Crippen molar-refractivity contribution >= 4 is 23.3 Å². The summed E-state index contributed by atoms with van der Waals surface area (Å²) in [5.41, 5.74) is -0.178. The van der Waals surface area contributed by atoms with E-state index in [9.17, 15) is 14.3 Å². The van der Waals surface area contributed by atoms with Crippen molar-refractivity contribution in [2.75, 3.05) is 31.6 Å². The Labute approximate surface area is 141 Å². The monoisotopic (exact) mass is 343 g/mol. The van der Waals surface area contributed by atoms with Gasteiger partial charge in [-0.15, -0.1) is 0 Å². The number of amides is 2. The summed E-state index contributed by atoms with van der Waals surface area (Å²) in [7, 11) is 1.65. The molecule has 0 aliphatic carbocycles. The van der Waals surface area contributed by atoms with Crippen molar-refractivity contribution in [3.05, 3.63) is 29.0 Å². The molecule has 0 spiro atoms. The third-order valence-electron chi connectivity index (χ3n) is 3.75. The Balaban J connectivity index is 1.90. The molecule has 1 aliphatic rings. The van der Waals surface area contributed by atoms with Gasteiger partial charge in [-0.25, -0.2) is 9.18 Å². The lowest BCUT2D eigenvalue weighted by Crippen LogP contribution is -2.48. The van der Waals surface area contributed by atoms with Crippen molar-refractivity contribution in [3.63, 3.8) is 0 Å². The first-order chi connectivity index (χ1) is 10.7. The first-order valence-corrected chi connectivity index (χ1v) is 7.97. The van der Waals surface area contributed by atoms with Gasteiger partial charge in [0.1, 0.15) is 5.82 Å². The van der Waals surface area contributed by atoms with Crippen molar-refractivity contribution in [3.8, 4) is 0 Å². The van der Waals surface area contributed by atoms with E-state index < -0.39 is 11.4 Å². The predicted molar refractivity (Wildman–Crippen MR) is 89.5 cm³/mol. The van der Waals surface area contributed by atoms with Crippen molar-refractivity contribution in [2.24, 2.45) is 0 Å². The molecule has 0 saturated carbocycles. The van der Waals surface area contributed by atoms with E-state index in [1.54, 1.807) is 27.0 Å². The van der Waals surface area contributed by atoms with Crippen LogP contribution in [0.3, 0.4) is 0 Å². The first kappa shape index (κ1) is 17.8. The van der Waals surface area contributed by atoms with Crippen LogP contribution in [0.2, 0.25) is 5.02 Å². The van der Waals surface area contributed by atoms with Crippen LogP contribution in [0, 0.1) is 5.82 Å². The minimum atomic E-state index is -0.936. The standard InChI is InChI=1S/C16H23ClFN3O2/c1-16(2,23)10-20(3)15(22)19-11-6-7-21(9-11)12-4-5-13(17)14(18)8-12/h4-5,8,11,23H,6-7,9-10H2,1-3H3,(H,19,22). The number of hydrogen-bond acceptors (Lipinski definition) is 3. The molecule has 1 atom stereocenters. The maximum absolute atomic E-state index is 13.5. The quantitative estimate of drug-likeness (QED) is 0.883. The second-order valence-electron chi connectivity index (χ2n) is 6.65. The van der Waals surface area contributed by atoms with Crippen molar-refractivity contribution < 1.29 is 14.3 Å². The van der Waals surface area contributed by atoms with Crippen LogP contribution < -0.4 is 10.2 Å². The molecule has 1 aliphatic heterocycles. The van der Waals surface area contributed by atoms with E-state index in [1.165, 1.54) is 17.0 Å². The van der Waals surface area contributed by atoms with Gasteiger partial charge < -0.3 is 20.2 Å². The Morgan fingerprint density at radius 3 is 2.87 bits per heavy atom. The molecule has 128 valence electrons. The molecule has 5 nitrogen and oxygen atoms in total. The minimum absolute atomic E-state index is 0.00880. The van der Waals surface area contributed by atoms with Gasteiger partial charge in [0.25, 0.3) is 0 Å². The topological polar surface area (TPSA) is 55.8 Å². The molecule has 23 heavy (non-hydrogen) atoms. The summed E-state index contributed by atoms with van der Waals surface area (Å²) in [5, 5.41) is 12.8. The third-order valence-corrected chi connectivity index (χ3v) is 4.06. The van der Waals surface area contributed by atoms with Gasteiger partial charge in [-0.2, -0.15) is 0 Å². The van der Waals surface area contributed by atoms with Crippen LogP contribution in [0.25, 0.3) is 0 Å². The molecule has 1 fully saturated rings. The number of anilines is 1. The number of nitrogens with one attached hydrogen (secondary N) is 1. The molecule has 0 bridgehead atoms. The largest absolute Gasteiger partial charge is 0.389 e. The number of carbonyl (C=O) groups is 1. The summed E-state index contributed by atoms with van der Waals surface area (Å²) >= 11 is 5.70. The van der Waals surface area contributed by atoms with Crippen LogP contribution in [-0.2, 0) is 0 Å². The highest BCUT2D eigenvalue weighted by atomic mass is 35.5. The molecule has 1 saturated heterocycles.